The van der Waals surface area contributed by atoms with Gasteiger partial charge in [-0.2, -0.15) is 5.10 Å². The molecular formula is C21H21N5O. The molecule has 6 nitrogen and oxygen atoms in total. The van der Waals surface area contributed by atoms with E-state index in [-0.39, 0.29) is 11.9 Å². The SMILES string of the molecule is Cc1cc(C[C@H](C)NC(=O)c2ccc3nc(-c4ccccc4)cn3c2)n[nH]1. The fourth-order valence-electron chi connectivity index (χ4n) is 3.13. The van der Waals surface area contributed by atoms with Crippen molar-refractivity contribution in [1.29, 1.82) is 0 Å². The van der Waals surface area contributed by atoms with E-state index in [1.165, 1.54) is 0 Å². The number of pyridine rings is 1. The van der Waals surface area contributed by atoms with Gasteiger partial charge >= 0.3 is 0 Å². The van der Waals surface area contributed by atoms with Gasteiger partial charge in [-0.15, -0.1) is 0 Å². The molecule has 1 atom stereocenters. The van der Waals surface area contributed by atoms with Crippen molar-refractivity contribution >= 4 is 11.6 Å². The molecule has 0 aliphatic carbocycles. The van der Waals surface area contributed by atoms with Crippen LogP contribution >= 0.6 is 0 Å². The van der Waals surface area contributed by atoms with Crippen LogP contribution in [-0.2, 0) is 6.42 Å². The number of imidazole rings is 1. The van der Waals surface area contributed by atoms with Crippen LogP contribution in [0, 0.1) is 6.92 Å². The van der Waals surface area contributed by atoms with E-state index in [9.17, 15) is 4.79 Å². The lowest BCUT2D eigenvalue weighted by molar-refractivity contribution is 0.0939. The summed E-state index contributed by atoms with van der Waals surface area (Å²) in [5.74, 6) is -0.105. The number of hydrogen-bond acceptors (Lipinski definition) is 3. The molecule has 136 valence electrons. The minimum Gasteiger partial charge on any atom is -0.349 e. The molecule has 1 aromatic carbocycles. The zero-order valence-electron chi connectivity index (χ0n) is 15.3. The standard InChI is InChI=1S/C21H21N5O/c1-14(10-18-11-15(2)24-25-18)22-21(27)17-8-9-20-23-19(13-26(20)12-17)16-6-4-3-5-7-16/h3-9,11-14H,10H2,1-2H3,(H,22,27)(H,24,25)/t14-/m0/s1. The minimum atomic E-state index is -0.105. The lowest BCUT2D eigenvalue weighted by Gasteiger charge is -2.12. The van der Waals surface area contributed by atoms with Crippen LogP contribution in [0.15, 0.2) is 60.9 Å². The van der Waals surface area contributed by atoms with Crippen LogP contribution in [-0.4, -0.2) is 31.5 Å². The van der Waals surface area contributed by atoms with E-state index in [0.717, 1.165) is 28.3 Å². The van der Waals surface area contributed by atoms with Gasteiger partial charge in [-0.25, -0.2) is 4.98 Å². The summed E-state index contributed by atoms with van der Waals surface area (Å²) >= 11 is 0. The predicted molar refractivity (Wildman–Crippen MR) is 105 cm³/mol. The third-order valence-corrected chi connectivity index (χ3v) is 4.43. The smallest absolute Gasteiger partial charge is 0.252 e. The molecule has 27 heavy (non-hydrogen) atoms. The van der Waals surface area contributed by atoms with Crippen molar-refractivity contribution < 1.29 is 4.79 Å². The maximum Gasteiger partial charge on any atom is 0.252 e. The quantitative estimate of drug-likeness (QED) is 0.573. The summed E-state index contributed by atoms with van der Waals surface area (Å²) in [5, 5.41) is 10.2. The number of amides is 1. The number of nitrogens with zero attached hydrogens (tertiary/aromatic N) is 3. The first-order valence-corrected chi connectivity index (χ1v) is 8.94. The van der Waals surface area contributed by atoms with Gasteiger partial charge in [0.1, 0.15) is 5.65 Å². The number of aryl methyl sites for hydroxylation is 1. The van der Waals surface area contributed by atoms with E-state index in [2.05, 4.69) is 20.5 Å². The third-order valence-electron chi connectivity index (χ3n) is 4.43. The van der Waals surface area contributed by atoms with Gasteiger partial charge in [0.05, 0.1) is 17.0 Å². The molecule has 0 spiro atoms. The number of carbonyl (C=O) groups excluding carboxylic acids is 1. The van der Waals surface area contributed by atoms with Crippen molar-refractivity contribution in [2.45, 2.75) is 26.3 Å². The second kappa shape index (κ2) is 7.07. The third kappa shape index (κ3) is 3.74. The number of H-pyrrole nitrogens is 1. The summed E-state index contributed by atoms with van der Waals surface area (Å²) in [6.45, 7) is 3.94. The Bertz CT molecular complexity index is 1080. The van der Waals surface area contributed by atoms with Crippen molar-refractivity contribution in [2.75, 3.05) is 0 Å². The highest BCUT2D eigenvalue weighted by Gasteiger charge is 2.13. The van der Waals surface area contributed by atoms with E-state index in [1.807, 2.05) is 73.1 Å². The highest BCUT2D eigenvalue weighted by Crippen LogP contribution is 2.19. The first-order valence-electron chi connectivity index (χ1n) is 8.94. The number of fused-ring (bicyclic) bond motifs is 1. The number of rotatable bonds is 5. The fraction of sp³-hybridized carbons (Fsp3) is 0.190. The average Bonchev–Trinajstić information content (AvgIpc) is 3.27. The Labute approximate surface area is 157 Å². The molecule has 1 amide bonds. The molecule has 0 aliphatic rings. The molecule has 0 radical (unpaired) electrons. The summed E-state index contributed by atoms with van der Waals surface area (Å²) < 4.78 is 1.89. The second-order valence-corrected chi connectivity index (χ2v) is 6.80. The van der Waals surface area contributed by atoms with Crippen LogP contribution < -0.4 is 5.32 Å². The summed E-state index contributed by atoms with van der Waals surface area (Å²) in [6.07, 6.45) is 4.44. The zero-order chi connectivity index (χ0) is 18.8. The van der Waals surface area contributed by atoms with Gasteiger partial charge in [-0.05, 0) is 32.0 Å². The monoisotopic (exact) mass is 359 g/mol. The van der Waals surface area contributed by atoms with E-state index in [4.69, 9.17) is 0 Å². The Morgan fingerprint density at radius 1 is 1.19 bits per heavy atom. The molecule has 0 fully saturated rings. The van der Waals surface area contributed by atoms with Crippen molar-refractivity contribution in [2.24, 2.45) is 0 Å². The van der Waals surface area contributed by atoms with Gasteiger partial charge in [0.15, 0.2) is 0 Å². The molecule has 0 bridgehead atoms. The minimum absolute atomic E-state index is 0.0152. The first kappa shape index (κ1) is 17.0. The Kier molecular flexibility index (Phi) is 4.46. The molecule has 6 heteroatoms. The van der Waals surface area contributed by atoms with Crippen molar-refractivity contribution in [3.8, 4) is 11.3 Å². The topological polar surface area (TPSA) is 75.1 Å². The van der Waals surface area contributed by atoms with Crippen LogP contribution in [0.1, 0.15) is 28.7 Å². The van der Waals surface area contributed by atoms with Crippen LogP contribution in [0.25, 0.3) is 16.9 Å². The van der Waals surface area contributed by atoms with E-state index in [0.29, 0.717) is 12.0 Å². The number of aromatic amines is 1. The Hall–Kier alpha value is -3.41. The van der Waals surface area contributed by atoms with Crippen LogP contribution in [0.2, 0.25) is 0 Å². The lowest BCUT2D eigenvalue weighted by Crippen LogP contribution is -2.34. The van der Waals surface area contributed by atoms with Crippen LogP contribution in [0.3, 0.4) is 0 Å². The number of aromatic nitrogens is 4. The van der Waals surface area contributed by atoms with Gasteiger partial charge in [-0.1, -0.05) is 30.3 Å². The van der Waals surface area contributed by atoms with Gasteiger partial charge in [0.2, 0.25) is 0 Å². The van der Waals surface area contributed by atoms with E-state index in [1.54, 1.807) is 6.07 Å². The zero-order valence-corrected chi connectivity index (χ0v) is 15.3. The summed E-state index contributed by atoms with van der Waals surface area (Å²) in [5.41, 5.74) is 5.31. The van der Waals surface area contributed by atoms with Gasteiger partial charge in [0, 0.05) is 36.1 Å². The second-order valence-electron chi connectivity index (χ2n) is 6.80. The maximum absolute atomic E-state index is 12.6. The molecule has 3 heterocycles. The largest absolute Gasteiger partial charge is 0.349 e. The van der Waals surface area contributed by atoms with Crippen molar-refractivity contribution in [3.05, 3.63) is 77.9 Å². The summed E-state index contributed by atoms with van der Waals surface area (Å²) in [6, 6.07) is 15.6. The molecule has 0 saturated carbocycles. The normalized spacial score (nSPS) is 12.2. The number of benzene rings is 1. The molecule has 2 N–H and O–H groups in total. The molecule has 3 aromatic heterocycles. The molecule has 4 aromatic rings. The fourth-order valence-corrected chi connectivity index (χ4v) is 3.13. The molecule has 0 aliphatic heterocycles. The summed E-state index contributed by atoms with van der Waals surface area (Å²) in [7, 11) is 0. The van der Waals surface area contributed by atoms with Gasteiger partial charge in [0.25, 0.3) is 5.91 Å². The highest BCUT2D eigenvalue weighted by molar-refractivity contribution is 5.94. The number of carbonyl (C=O) groups is 1. The highest BCUT2D eigenvalue weighted by atomic mass is 16.1. The molecule has 4 rings (SSSR count). The predicted octanol–water partition coefficient (Wildman–Crippen LogP) is 3.39. The van der Waals surface area contributed by atoms with Crippen LogP contribution in [0.5, 0.6) is 0 Å². The van der Waals surface area contributed by atoms with Crippen molar-refractivity contribution in [3.63, 3.8) is 0 Å². The Morgan fingerprint density at radius 3 is 2.74 bits per heavy atom. The summed E-state index contributed by atoms with van der Waals surface area (Å²) in [4.78, 5) is 17.2. The molecule has 0 saturated heterocycles. The average molecular weight is 359 g/mol. The van der Waals surface area contributed by atoms with E-state index < -0.39 is 0 Å². The maximum atomic E-state index is 12.6. The van der Waals surface area contributed by atoms with E-state index >= 15 is 0 Å². The Morgan fingerprint density at radius 2 is 2.00 bits per heavy atom. The Balaban J connectivity index is 1.50. The van der Waals surface area contributed by atoms with Gasteiger partial charge in [-0.3, -0.25) is 9.89 Å². The lowest BCUT2D eigenvalue weighted by atomic mass is 10.1. The number of hydrogen-bond donors (Lipinski definition) is 2. The molecule has 0 unspecified atom stereocenters. The number of nitrogens with one attached hydrogen (secondary N) is 2. The first-order chi connectivity index (χ1) is 13.1. The van der Waals surface area contributed by atoms with Crippen LogP contribution in [0.4, 0.5) is 0 Å². The van der Waals surface area contributed by atoms with Gasteiger partial charge < -0.3 is 9.72 Å². The van der Waals surface area contributed by atoms with Crippen molar-refractivity contribution in [1.82, 2.24) is 24.9 Å². The molecular weight excluding hydrogens is 338 g/mol.